The van der Waals surface area contributed by atoms with E-state index in [1.807, 2.05) is 13.0 Å². The molecule has 1 N–H and O–H groups in total. The van der Waals surface area contributed by atoms with Crippen LogP contribution in [-0.4, -0.2) is 21.3 Å². The van der Waals surface area contributed by atoms with Crippen molar-refractivity contribution in [3.63, 3.8) is 0 Å². The summed E-state index contributed by atoms with van der Waals surface area (Å²) in [5.74, 6) is -1.82. The fourth-order valence-electron chi connectivity index (χ4n) is 3.26. The lowest BCUT2D eigenvalue weighted by atomic mass is 9.98. The lowest BCUT2D eigenvalue weighted by Gasteiger charge is -2.19. The van der Waals surface area contributed by atoms with E-state index >= 15 is 0 Å². The Labute approximate surface area is 177 Å². The fourth-order valence-corrected chi connectivity index (χ4v) is 3.76. The molecule has 1 fully saturated rings. The molecule has 1 aliphatic rings. The maximum Gasteiger partial charge on any atom is 0.309 e. The van der Waals surface area contributed by atoms with Gasteiger partial charge in [-0.15, -0.1) is 0 Å². The number of hydrogen-bond donors (Lipinski definition) is 1. The Morgan fingerprint density at radius 3 is 2.63 bits per heavy atom. The predicted molar refractivity (Wildman–Crippen MR) is 112 cm³/mol. The number of esters is 1. The van der Waals surface area contributed by atoms with E-state index in [1.54, 1.807) is 31.2 Å². The van der Waals surface area contributed by atoms with E-state index < -0.39 is 29.0 Å². The van der Waals surface area contributed by atoms with Gasteiger partial charge in [0.15, 0.2) is 0 Å². The molecule has 2 aromatic rings. The Morgan fingerprint density at radius 1 is 1.33 bits per heavy atom. The summed E-state index contributed by atoms with van der Waals surface area (Å²) < 4.78 is 42.8. The average molecular weight is 428 g/mol. The highest BCUT2D eigenvalue weighted by molar-refractivity contribution is 7.80. The molecule has 0 spiro atoms. The van der Waals surface area contributed by atoms with Gasteiger partial charge in [0.05, 0.1) is 29.8 Å². The molecular formula is C22H21FN2O4S. The molecule has 0 amide bonds. The maximum atomic E-state index is 14.7. The molecule has 3 unspecified atom stereocenters. The molecule has 0 heterocycles. The van der Waals surface area contributed by atoms with Gasteiger partial charge in [0.1, 0.15) is 5.82 Å². The van der Waals surface area contributed by atoms with Crippen molar-refractivity contribution in [3.8, 4) is 6.07 Å². The van der Waals surface area contributed by atoms with Crippen molar-refractivity contribution < 1.29 is 22.7 Å². The molecule has 0 aromatic heterocycles. The van der Waals surface area contributed by atoms with Crippen LogP contribution < -0.4 is 4.31 Å². The van der Waals surface area contributed by atoms with Crippen LogP contribution in [-0.2, 0) is 20.8 Å². The van der Waals surface area contributed by atoms with Crippen molar-refractivity contribution in [2.75, 3.05) is 10.9 Å². The molecular weight excluding hydrogens is 407 g/mol. The summed E-state index contributed by atoms with van der Waals surface area (Å²) >= 11 is -2.43. The van der Waals surface area contributed by atoms with Crippen molar-refractivity contribution in [3.05, 3.63) is 71.2 Å². The van der Waals surface area contributed by atoms with Crippen molar-refractivity contribution in [1.82, 2.24) is 0 Å². The molecule has 3 atom stereocenters. The maximum absolute atomic E-state index is 14.7. The van der Waals surface area contributed by atoms with E-state index in [2.05, 4.69) is 0 Å². The highest BCUT2D eigenvalue weighted by Crippen LogP contribution is 2.49. The molecule has 30 heavy (non-hydrogen) atoms. The number of ether oxygens (including phenoxy) is 1. The second-order valence-corrected chi connectivity index (χ2v) is 7.84. The summed E-state index contributed by atoms with van der Waals surface area (Å²) in [6, 6.07) is 12.8. The fraction of sp³-hybridized carbons (Fsp3) is 0.273. The Kier molecular flexibility index (Phi) is 6.65. The standard InChI is InChI=1S/C22H21FN2O4S/c1-3-29-22(26)19-11-17(19)20(18-10-15(12-24)6-9-21(18)23)13-25(30(27)28)16-7-4-14(2)5-8-16/h4-10,13,17,19H,3,11H2,1-2H3,(H,27,28). The van der Waals surface area contributed by atoms with Crippen LogP contribution in [0.25, 0.3) is 5.57 Å². The van der Waals surface area contributed by atoms with E-state index in [4.69, 9.17) is 4.74 Å². The quantitative estimate of drug-likeness (QED) is 0.528. The second kappa shape index (κ2) is 9.20. The van der Waals surface area contributed by atoms with E-state index in [9.17, 15) is 23.2 Å². The van der Waals surface area contributed by atoms with E-state index in [0.29, 0.717) is 17.7 Å². The second-order valence-electron chi connectivity index (χ2n) is 6.98. The molecule has 0 aliphatic heterocycles. The Morgan fingerprint density at radius 2 is 2.03 bits per heavy atom. The number of benzene rings is 2. The van der Waals surface area contributed by atoms with Crippen molar-refractivity contribution in [2.24, 2.45) is 11.8 Å². The average Bonchev–Trinajstić information content (AvgIpc) is 3.51. The molecule has 0 radical (unpaired) electrons. The number of allylic oxidation sites excluding steroid dienone is 1. The molecule has 1 aliphatic carbocycles. The zero-order valence-electron chi connectivity index (χ0n) is 16.5. The number of halogens is 1. The number of nitriles is 1. The first-order chi connectivity index (χ1) is 14.3. The van der Waals surface area contributed by atoms with E-state index in [1.165, 1.54) is 24.4 Å². The minimum Gasteiger partial charge on any atom is -0.466 e. The summed E-state index contributed by atoms with van der Waals surface area (Å²) in [4.78, 5) is 12.2. The molecule has 8 heteroatoms. The van der Waals surface area contributed by atoms with Gasteiger partial charge in [-0.3, -0.25) is 9.35 Å². The van der Waals surface area contributed by atoms with Gasteiger partial charge in [0.25, 0.3) is 11.3 Å². The van der Waals surface area contributed by atoms with Crippen LogP contribution in [0.15, 0.2) is 48.7 Å². The zero-order valence-corrected chi connectivity index (χ0v) is 17.4. The Hall–Kier alpha value is -3.02. The van der Waals surface area contributed by atoms with Crippen molar-refractivity contribution in [2.45, 2.75) is 20.3 Å². The van der Waals surface area contributed by atoms with Crippen molar-refractivity contribution >= 4 is 28.5 Å². The van der Waals surface area contributed by atoms with E-state index in [0.717, 1.165) is 9.87 Å². The smallest absolute Gasteiger partial charge is 0.309 e. The lowest BCUT2D eigenvalue weighted by molar-refractivity contribution is -0.144. The number of anilines is 1. The highest BCUT2D eigenvalue weighted by atomic mass is 32.2. The summed E-state index contributed by atoms with van der Waals surface area (Å²) in [6.07, 6.45) is 1.81. The van der Waals surface area contributed by atoms with Gasteiger partial charge in [-0.25, -0.2) is 12.9 Å². The summed E-state index contributed by atoms with van der Waals surface area (Å²) in [5.41, 5.74) is 2.14. The first-order valence-corrected chi connectivity index (χ1v) is 10.5. The van der Waals surface area contributed by atoms with Crippen LogP contribution in [0.3, 0.4) is 0 Å². The molecule has 1 saturated carbocycles. The summed E-state index contributed by atoms with van der Waals surface area (Å²) in [5, 5.41) is 9.21. The largest absolute Gasteiger partial charge is 0.466 e. The number of rotatable bonds is 7. The zero-order chi connectivity index (χ0) is 21.8. The molecule has 156 valence electrons. The lowest BCUT2D eigenvalue weighted by Crippen LogP contribution is -2.20. The molecule has 2 aromatic carbocycles. The van der Waals surface area contributed by atoms with Gasteiger partial charge >= 0.3 is 5.97 Å². The van der Waals surface area contributed by atoms with Gasteiger partial charge in [-0.2, -0.15) is 5.26 Å². The summed E-state index contributed by atoms with van der Waals surface area (Å²) in [6.45, 7) is 3.83. The first kappa shape index (κ1) is 21.7. The minimum absolute atomic E-state index is 0.119. The first-order valence-electron chi connectivity index (χ1n) is 9.41. The van der Waals surface area contributed by atoms with Gasteiger partial charge in [0.2, 0.25) is 0 Å². The predicted octanol–water partition coefficient (Wildman–Crippen LogP) is 4.19. The normalized spacial score (nSPS) is 19.0. The van der Waals surface area contributed by atoms with Crippen LogP contribution in [0.1, 0.15) is 30.0 Å². The topological polar surface area (TPSA) is 90.6 Å². The number of nitrogens with zero attached hydrogens (tertiary/aromatic N) is 2. The number of carbonyl (C=O) groups excluding carboxylic acids is 1. The molecule has 6 nitrogen and oxygen atoms in total. The summed E-state index contributed by atoms with van der Waals surface area (Å²) in [7, 11) is 0. The SMILES string of the molecule is CCOC(=O)C1CC1C(=CN(c1ccc(C)cc1)S(=O)O)c1cc(C#N)ccc1F. The number of aryl methyl sites for hydroxylation is 1. The number of carbonyl (C=O) groups is 1. The number of hydrogen-bond acceptors (Lipinski definition) is 4. The minimum atomic E-state index is -2.43. The Bertz CT molecular complexity index is 1050. The van der Waals surface area contributed by atoms with Crippen LogP contribution in [0.2, 0.25) is 0 Å². The van der Waals surface area contributed by atoms with E-state index in [-0.39, 0.29) is 23.7 Å². The molecule has 0 bridgehead atoms. The third kappa shape index (κ3) is 4.75. The van der Waals surface area contributed by atoms with Crippen LogP contribution in [0.5, 0.6) is 0 Å². The van der Waals surface area contributed by atoms with Gasteiger partial charge in [0, 0.05) is 17.7 Å². The van der Waals surface area contributed by atoms with Gasteiger partial charge in [-0.05, 0) is 56.2 Å². The van der Waals surface area contributed by atoms with Crippen LogP contribution in [0.4, 0.5) is 10.1 Å². The van der Waals surface area contributed by atoms with Crippen LogP contribution >= 0.6 is 0 Å². The molecule has 0 saturated heterocycles. The molecule has 3 rings (SSSR count). The Balaban J connectivity index is 2.09. The van der Waals surface area contributed by atoms with Crippen molar-refractivity contribution in [1.29, 1.82) is 5.26 Å². The van der Waals surface area contributed by atoms with Gasteiger partial charge in [-0.1, -0.05) is 17.7 Å². The third-order valence-electron chi connectivity index (χ3n) is 4.90. The monoisotopic (exact) mass is 428 g/mol. The third-order valence-corrected chi connectivity index (χ3v) is 5.55. The highest BCUT2D eigenvalue weighted by Gasteiger charge is 2.47. The van der Waals surface area contributed by atoms with Crippen LogP contribution in [0, 0.1) is 35.9 Å². The van der Waals surface area contributed by atoms with Gasteiger partial charge < -0.3 is 4.74 Å².